The zero-order valence-electron chi connectivity index (χ0n) is 45.1. The molecule has 0 spiro atoms. The molecule has 24 nitrogen and oxygen atoms in total. The Balaban J connectivity index is 0.000000771. The molecule has 3 aliphatic rings. The third-order valence-electron chi connectivity index (χ3n) is 13.6. The monoisotopic (exact) mass is 1190 g/mol. The van der Waals surface area contributed by atoms with E-state index in [4.69, 9.17) is 24.4 Å². The maximum absolute atomic E-state index is 12.3. The number of hydrogen-bond acceptors (Lipinski definition) is 17. The lowest BCUT2D eigenvalue weighted by Gasteiger charge is -2.32. The van der Waals surface area contributed by atoms with Gasteiger partial charge in [0.2, 0.25) is 11.6 Å². The third-order valence-corrected chi connectivity index (χ3v) is 16.9. The first-order valence-corrected chi connectivity index (χ1v) is 31.8. The van der Waals surface area contributed by atoms with E-state index in [1.165, 1.54) is 35.2 Å². The number of carbonyl (C=O) groups is 2. The van der Waals surface area contributed by atoms with Crippen LogP contribution in [0.25, 0.3) is 0 Å². The molecular formula is C51H77N4O20S4+. The fourth-order valence-corrected chi connectivity index (χ4v) is 11.6. The Hall–Kier alpha value is -4.69. The van der Waals surface area contributed by atoms with Gasteiger partial charge in [0.05, 0.1) is 72.0 Å². The molecule has 444 valence electrons. The van der Waals surface area contributed by atoms with Gasteiger partial charge in [-0.05, 0) is 101 Å². The Morgan fingerprint density at radius 3 is 2.04 bits per heavy atom. The quantitative estimate of drug-likeness (QED) is 0.0259. The van der Waals surface area contributed by atoms with Gasteiger partial charge < -0.3 is 44.6 Å². The molecule has 0 aliphatic carbocycles. The van der Waals surface area contributed by atoms with Crippen LogP contribution in [0.4, 0.5) is 16.2 Å². The topological polar surface area (TPSA) is 362 Å². The Bertz CT molecular complexity index is 3020. The molecule has 79 heavy (non-hydrogen) atoms. The Labute approximate surface area is 463 Å². The van der Waals surface area contributed by atoms with Gasteiger partial charge >= 0.3 is 6.09 Å². The molecule has 1 fully saturated rings. The molecule has 2 amide bonds. The zero-order chi connectivity index (χ0) is 59.0. The Kier molecular flexibility index (Phi) is 24.8. The van der Waals surface area contributed by atoms with Crippen LogP contribution in [-0.2, 0) is 70.3 Å². The van der Waals surface area contributed by atoms with Gasteiger partial charge in [0.15, 0.2) is 11.8 Å². The normalized spacial score (nSPS) is 20.8. The molecule has 5 rings (SSSR count). The fraction of sp³-hybridized carbons (Fsp3) is 0.588. The van der Waals surface area contributed by atoms with Crippen LogP contribution in [-0.4, -0.2) is 191 Å². The number of unbranched alkanes of at least 4 members (excludes halogenated alkanes) is 4. The molecule has 3 aliphatic heterocycles. The lowest BCUT2D eigenvalue weighted by Crippen LogP contribution is -2.46. The summed E-state index contributed by atoms with van der Waals surface area (Å²) in [6.45, 7) is 7.20. The van der Waals surface area contributed by atoms with E-state index in [0.717, 1.165) is 11.4 Å². The van der Waals surface area contributed by atoms with E-state index < -0.39 is 81.1 Å². The SMILES string of the molecule is CC1(C)C(/C=C/C=C/C=C2\N(CCCCS(=O)(=O)O)c3ccc(S(=O)(=O)O)cc3C2(C)CCCCS(=O)(=O)O)=[N+](CCCCCC(=O)NCCOCCO)c2ccc(S(=O)(=O)O)cc21.CN(C)C(=O)OC1COC(CO)CC1O. The second-order valence-corrected chi connectivity index (χ2v) is 26.2. The summed E-state index contributed by atoms with van der Waals surface area (Å²) in [5.74, 6) is -1.07. The molecule has 8 N–H and O–H groups in total. The van der Waals surface area contributed by atoms with Gasteiger partial charge in [-0.3, -0.25) is 23.0 Å². The van der Waals surface area contributed by atoms with Crippen LogP contribution < -0.4 is 10.2 Å². The molecular weight excluding hydrogens is 1120 g/mol. The summed E-state index contributed by atoms with van der Waals surface area (Å²) in [6.07, 6.45) is 10.4. The minimum Gasteiger partial charge on any atom is -0.441 e. The highest BCUT2D eigenvalue weighted by molar-refractivity contribution is 7.86. The number of ether oxygens (including phenoxy) is 3. The number of rotatable bonds is 28. The molecule has 4 atom stereocenters. The van der Waals surface area contributed by atoms with Crippen LogP contribution in [0.15, 0.2) is 82.3 Å². The van der Waals surface area contributed by atoms with Gasteiger partial charge in [0.1, 0.15) is 6.54 Å². The highest BCUT2D eigenvalue weighted by Crippen LogP contribution is 2.51. The minimum absolute atomic E-state index is 0.0961. The lowest BCUT2D eigenvalue weighted by atomic mass is 9.77. The summed E-state index contributed by atoms with van der Waals surface area (Å²) in [7, 11) is -14.5. The second kappa shape index (κ2) is 29.3. The maximum Gasteiger partial charge on any atom is 0.409 e. The van der Waals surface area contributed by atoms with Crippen LogP contribution in [0, 0.1) is 0 Å². The molecule has 0 radical (unpaired) electrons. The van der Waals surface area contributed by atoms with Crippen LogP contribution in [0.5, 0.6) is 0 Å². The van der Waals surface area contributed by atoms with E-state index in [1.807, 2.05) is 31.7 Å². The Morgan fingerprint density at radius 2 is 1.44 bits per heavy atom. The van der Waals surface area contributed by atoms with E-state index in [9.17, 15) is 66.6 Å². The van der Waals surface area contributed by atoms with Gasteiger partial charge in [-0.25, -0.2) is 4.79 Å². The van der Waals surface area contributed by atoms with Crippen molar-refractivity contribution in [2.75, 3.05) is 83.2 Å². The van der Waals surface area contributed by atoms with Crippen LogP contribution in [0.2, 0.25) is 0 Å². The van der Waals surface area contributed by atoms with Crippen molar-refractivity contribution in [2.24, 2.45) is 0 Å². The fourth-order valence-electron chi connectivity index (χ4n) is 9.48. The second-order valence-electron chi connectivity index (χ2n) is 20.2. The van der Waals surface area contributed by atoms with Crippen molar-refractivity contribution in [2.45, 2.75) is 124 Å². The van der Waals surface area contributed by atoms with Crippen molar-refractivity contribution in [1.29, 1.82) is 0 Å². The van der Waals surface area contributed by atoms with Crippen molar-refractivity contribution in [3.8, 4) is 0 Å². The molecule has 2 aromatic carbocycles. The molecule has 4 unspecified atom stereocenters. The average Bonchev–Trinajstić information content (AvgIpc) is 4.01. The van der Waals surface area contributed by atoms with Crippen LogP contribution in [0.3, 0.4) is 0 Å². The number of aliphatic hydroxyl groups is 3. The predicted molar refractivity (Wildman–Crippen MR) is 293 cm³/mol. The third kappa shape index (κ3) is 20.1. The standard InChI is InChI=1S/C42H59N3O15S4.C9H17NO5/c1-41(2)34-30-32(63(54,55)56)17-19-36(34)44(23-10-5-8-16-40(47)43-22-26-60-27-25-46)38(41)14-6-4-7-15-39-42(3,21-9-12-28-61(48,49)50)35-31-33(64(57,58)59)18-20-37(35)45(39)24-11-13-29-62(51,52)53;1-10(2)9(13)15-8-5-14-6(4-11)3-7(8)12/h4,6-7,14-15,17-20,30-31,46H,5,8-13,16,21-29H2,1-3H3,(H4-,43,47,48,49,50,51,52,53,54,55,56,57,58,59);6-8,11-12H,3-5H2,1-2H3/p+1. The number of nitrogens with zero attached hydrogens (tertiary/aromatic N) is 3. The van der Waals surface area contributed by atoms with Crippen molar-refractivity contribution in [3.63, 3.8) is 0 Å². The molecule has 0 saturated carbocycles. The largest absolute Gasteiger partial charge is 0.441 e. The summed E-state index contributed by atoms with van der Waals surface area (Å²) < 4.78 is 151. The van der Waals surface area contributed by atoms with E-state index in [-0.39, 0.29) is 80.5 Å². The molecule has 0 bridgehead atoms. The van der Waals surface area contributed by atoms with Crippen molar-refractivity contribution >= 4 is 69.6 Å². The lowest BCUT2D eigenvalue weighted by molar-refractivity contribution is -0.438. The molecule has 2 aromatic rings. The number of anilines is 1. The highest BCUT2D eigenvalue weighted by Gasteiger charge is 2.46. The van der Waals surface area contributed by atoms with E-state index in [1.54, 1.807) is 44.5 Å². The van der Waals surface area contributed by atoms with Gasteiger partial charge in [-0.1, -0.05) is 24.6 Å². The van der Waals surface area contributed by atoms with E-state index >= 15 is 0 Å². The summed E-state index contributed by atoms with van der Waals surface area (Å²) in [5, 5.41) is 30.0. The van der Waals surface area contributed by atoms with Gasteiger partial charge in [-0.2, -0.15) is 38.2 Å². The number of hydrogen-bond donors (Lipinski definition) is 8. The van der Waals surface area contributed by atoms with Crippen molar-refractivity contribution in [3.05, 3.63) is 83.6 Å². The van der Waals surface area contributed by atoms with Crippen molar-refractivity contribution in [1.82, 2.24) is 10.2 Å². The Morgan fingerprint density at radius 1 is 0.810 bits per heavy atom. The summed E-state index contributed by atoms with van der Waals surface area (Å²) in [6, 6.07) is 8.60. The molecule has 0 aromatic heterocycles. The highest BCUT2D eigenvalue weighted by atomic mass is 32.2. The number of nitrogens with one attached hydrogen (secondary N) is 1. The van der Waals surface area contributed by atoms with Gasteiger partial charge in [-0.15, -0.1) is 0 Å². The zero-order valence-corrected chi connectivity index (χ0v) is 48.4. The minimum atomic E-state index is -4.63. The van der Waals surface area contributed by atoms with Crippen LogP contribution in [0.1, 0.15) is 96.1 Å². The molecule has 3 heterocycles. The smallest absolute Gasteiger partial charge is 0.409 e. The first-order valence-electron chi connectivity index (χ1n) is 25.7. The number of carbonyl (C=O) groups excluding carboxylic acids is 2. The van der Waals surface area contributed by atoms with Crippen LogP contribution >= 0.6 is 0 Å². The summed E-state index contributed by atoms with van der Waals surface area (Å²) in [4.78, 5) is 26.1. The van der Waals surface area contributed by atoms with Gasteiger partial charge in [0, 0.05) is 81.0 Å². The first-order chi connectivity index (χ1) is 36.8. The first kappa shape index (κ1) is 66.8. The summed E-state index contributed by atoms with van der Waals surface area (Å²) >= 11 is 0. The molecule has 28 heteroatoms. The predicted octanol–water partition coefficient (Wildman–Crippen LogP) is 3.94. The van der Waals surface area contributed by atoms with E-state index in [2.05, 4.69) is 9.89 Å². The average molecular weight is 1190 g/mol. The van der Waals surface area contributed by atoms with E-state index in [0.29, 0.717) is 80.7 Å². The number of aliphatic hydroxyl groups excluding tert-OH is 3. The van der Waals surface area contributed by atoms with Crippen molar-refractivity contribution < 1.29 is 95.6 Å². The number of amides is 2. The van der Waals surface area contributed by atoms with Gasteiger partial charge in [0.25, 0.3) is 40.5 Å². The summed E-state index contributed by atoms with van der Waals surface area (Å²) in [5.41, 5.74) is 2.32. The maximum atomic E-state index is 12.3. The molecule has 1 saturated heterocycles. The number of allylic oxidation sites excluding steroid dienone is 6. The number of benzene rings is 2. The number of fused-ring (bicyclic) bond motifs is 2.